The Labute approximate surface area is 98.4 Å². The zero-order chi connectivity index (χ0) is 11.5. The summed E-state index contributed by atoms with van der Waals surface area (Å²) in [5.41, 5.74) is 0. The number of likely N-dealkylation sites (N-methyl/N-ethyl adjacent to an activating group) is 1. The minimum absolute atomic E-state index is 0.258. The van der Waals surface area contributed by atoms with E-state index in [9.17, 15) is 10.1 Å². The summed E-state index contributed by atoms with van der Waals surface area (Å²) in [4.78, 5) is 14.5. The van der Waals surface area contributed by atoms with Crippen LogP contribution in [0.1, 0.15) is 4.88 Å². The van der Waals surface area contributed by atoms with E-state index >= 15 is 0 Å². The molecule has 88 valence electrons. The first-order valence-corrected chi connectivity index (χ1v) is 6.35. The van der Waals surface area contributed by atoms with Gasteiger partial charge < -0.3 is 9.80 Å². The zero-order valence-electron chi connectivity index (χ0n) is 9.36. The largest absolute Gasteiger partial charge is 0.328 e. The molecule has 0 bridgehead atoms. The van der Waals surface area contributed by atoms with Gasteiger partial charge in [-0.3, -0.25) is 10.1 Å². The minimum Gasteiger partial charge on any atom is -0.328 e. The van der Waals surface area contributed by atoms with Gasteiger partial charge in [0.2, 0.25) is 0 Å². The molecule has 1 fully saturated rings. The second-order valence-corrected chi connectivity index (χ2v) is 5.53. The van der Waals surface area contributed by atoms with Crippen LogP contribution in [-0.2, 0) is 6.54 Å². The van der Waals surface area contributed by atoms with Crippen molar-refractivity contribution in [2.45, 2.75) is 6.54 Å². The number of hydrogen-bond acceptors (Lipinski definition) is 3. The molecule has 2 N–H and O–H groups in total. The molecule has 0 unspecified atom stereocenters. The molecule has 0 aromatic carbocycles. The molecule has 2 rings (SSSR count). The summed E-state index contributed by atoms with van der Waals surface area (Å²) in [6.45, 7) is 5.66. The van der Waals surface area contributed by atoms with E-state index in [-0.39, 0.29) is 9.92 Å². The molecule has 1 aliphatic heterocycles. The molecular weight excluding hydrogens is 226 g/mol. The van der Waals surface area contributed by atoms with Crippen LogP contribution in [0.4, 0.5) is 5.00 Å². The SMILES string of the molecule is C[NH+]1CC[NH+](Cc2ccc([N+](=O)[O-])s2)CC1. The summed E-state index contributed by atoms with van der Waals surface area (Å²) in [6, 6.07) is 3.50. The first-order valence-electron chi connectivity index (χ1n) is 5.53. The Bertz CT molecular complexity index is 372. The number of nitrogens with zero attached hydrogens (tertiary/aromatic N) is 1. The fraction of sp³-hybridized carbons (Fsp3) is 0.600. The van der Waals surface area contributed by atoms with Crippen molar-refractivity contribution in [2.24, 2.45) is 0 Å². The van der Waals surface area contributed by atoms with Crippen molar-refractivity contribution in [3.63, 3.8) is 0 Å². The first-order chi connectivity index (χ1) is 7.65. The number of thiophene rings is 1. The van der Waals surface area contributed by atoms with Gasteiger partial charge >= 0.3 is 5.00 Å². The van der Waals surface area contributed by atoms with Crippen LogP contribution in [-0.4, -0.2) is 38.2 Å². The Kier molecular flexibility index (Phi) is 3.52. The summed E-state index contributed by atoms with van der Waals surface area (Å²) in [5.74, 6) is 0. The van der Waals surface area contributed by atoms with Crippen molar-refractivity contribution in [1.29, 1.82) is 0 Å². The molecular formula is C10H17N3O2S+2. The van der Waals surface area contributed by atoms with Crippen molar-refractivity contribution >= 4 is 16.3 Å². The maximum absolute atomic E-state index is 10.6. The average molecular weight is 243 g/mol. The second kappa shape index (κ2) is 4.90. The van der Waals surface area contributed by atoms with Crippen LogP contribution in [0.25, 0.3) is 0 Å². The van der Waals surface area contributed by atoms with Gasteiger partial charge in [0, 0.05) is 6.07 Å². The van der Waals surface area contributed by atoms with Gasteiger partial charge in [-0.2, -0.15) is 0 Å². The first kappa shape index (κ1) is 11.5. The van der Waals surface area contributed by atoms with Crippen LogP contribution in [0.5, 0.6) is 0 Å². The van der Waals surface area contributed by atoms with Crippen molar-refractivity contribution in [1.82, 2.24) is 0 Å². The van der Waals surface area contributed by atoms with Gasteiger partial charge in [-0.25, -0.2) is 0 Å². The maximum atomic E-state index is 10.6. The molecule has 0 amide bonds. The fourth-order valence-electron chi connectivity index (χ4n) is 2.01. The summed E-state index contributed by atoms with van der Waals surface area (Å²) >= 11 is 1.31. The Balaban J connectivity index is 1.91. The molecule has 1 aromatic heterocycles. The number of rotatable bonds is 3. The third-order valence-electron chi connectivity index (χ3n) is 3.06. The van der Waals surface area contributed by atoms with Gasteiger partial charge in [0.15, 0.2) is 0 Å². The van der Waals surface area contributed by atoms with E-state index in [4.69, 9.17) is 0 Å². The standard InChI is InChI=1S/C10H15N3O2S/c1-11-4-6-12(7-5-11)8-9-2-3-10(16-9)13(14)15/h2-3H,4-8H2,1H3/p+2. The third kappa shape index (κ3) is 2.78. The Morgan fingerprint density at radius 3 is 2.62 bits per heavy atom. The monoisotopic (exact) mass is 243 g/mol. The van der Waals surface area contributed by atoms with Crippen LogP contribution in [0.15, 0.2) is 12.1 Å². The Morgan fingerprint density at radius 1 is 1.38 bits per heavy atom. The van der Waals surface area contributed by atoms with Gasteiger partial charge in [-0.15, -0.1) is 0 Å². The highest BCUT2D eigenvalue weighted by Crippen LogP contribution is 2.22. The number of quaternary nitrogens is 2. The fourth-order valence-corrected chi connectivity index (χ4v) is 2.90. The normalized spacial score (nSPS) is 25.6. The number of nitro groups is 1. The summed E-state index contributed by atoms with van der Waals surface area (Å²) < 4.78 is 0. The molecule has 1 aliphatic rings. The van der Waals surface area contributed by atoms with E-state index in [0.29, 0.717) is 0 Å². The Morgan fingerprint density at radius 2 is 2.06 bits per heavy atom. The number of hydrogen-bond donors (Lipinski definition) is 2. The molecule has 1 saturated heterocycles. The molecule has 0 saturated carbocycles. The van der Waals surface area contributed by atoms with Crippen LogP contribution >= 0.6 is 11.3 Å². The van der Waals surface area contributed by atoms with E-state index < -0.39 is 0 Å². The number of nitrogens with one attached hydrogen (secondary N) is 2. The smallest absolute Gasteiger partial charge is 0.324 e. The van der Waals surface area contributed by atoms with Gasteiger partial charge in [0.25, 0.3) is 0 Å². The molecule has 0 atom stereocenters. The van der Waals surface area contributed by atoms with Crippen molar-refractivity contribution in [3.05, 3.63) is 27.1 Å². The van der Waals surface area contributed by atoms with Crippen LogP contribution in [0, 0.1) is 10.1 Å². The van der Waals surface area contributed by atoms with Crippen molar-refractivity contribution < 1.29 is 14.7 Å². The number of piperazine rings is 1. The van der Waals surface area contributed by atoms with Crippen molar-refractivity contribution in [3.8, 4) is 0 Å². The highest BCUT2D eigenvalue weighted by molar-refractivity contribution is 7.15. The van der Waals surface area contributed by atoms with Gasteiger partial charge in [0.05, 0.1) is 16.8 Å². The lowest BCUT2D eigenvalue weighted by Crippen LogP contribution is -3.26. The quantitative estimate of drug-likeness (QED) is 0.505. The van der Waals surface area contributed by atoms with Crippen molar-refractivity contribution in [2.75, 3.05) is 33.2 Å². The molecule has 6 heteroatoms. The van der Waals surface area contributed by atoms with Crippen LogP contribution < -0.4 is 9.80 Å². The van der Waals surface area contributed by atoms with E-state index in [1.165, 1.54) is 24.4 Å². The molecule has 2 heterocycles. The minimum atomic E-state index is -0.308. The van der Waals surface area contributed by atoms with Gasteiger partial charge in [-0.1, -0.05) is 11.3 Å². The molecule has 0 spiro atoms. The molecule has 1 aromatic rings. The maximum Gasteiger partial charge on any atom is 0.324 e. The van der Waals surface area contributed by atoms with E-state index in [1.54, 1.807) is 15.9 Å². The summed E-state index contributed by atoms with van der Waals surface area (Å²) in [5, 5.41) is 10.8. The Hall–Kier alpha value is -0.980. The predicted molar refractivity (Wildman–Crippen MR) is 62.0 cm³/mol. The third-order valence-corrected chi connectivity index (χ3v) is 4.10. The topological polar surface area (TPSA) is 52.0 Å². The van der Waals surface area contributed by atoms with E-state index in [1.807, 2.05) is 6.07 Å². The zero-order valence-corrected chi connectivity index (χ0v) is 10.2. The highest BCUT2D eigenvalue weighted by atomic mass is 32.1. The predicted octanol–water partition coefficient (Wildman–Crippen LogP) is -1.43. The molecule has 16 heavy (non-hydrogen) atoms. The van der Waals surface area contributed by atoms with Gasteiger partial charge in [0.1, 0.15) is 32.7 Å². The molecule has 0 aliphatic carbocycles. The van der Waals surface area contributed by atoms with Crippen LogP contribution in [0.2, 0.25) is 0 Å². The summed E-state index contributed by atoms with van der Waals surface area (Å²) in [7, 11) is 2.22. The lowest BCUT2D eigenvalue weighted by atomic mass is 10.3. The van der Waals surface area contributed by atoms with Crippen LogP contribution in [0.3, 0.4) is 0 Å². The second-order valence-electron chi connectivity index (χ2n) is 4.38. The molecule has 5 nitrogen and oxygen atoms in total. The lowest BCUT2D eigenvalue weighted by Gasteiger charge is -2.26. The van der Waals surface area contributed by atoms with E-state index in [2.05, 4.69) is 7.05 Å². The summed E-state index contributed by atoms with van der Waals surface area (Å²) in [6.07, 6.45) is 0. The lowest BCUT2D eigenvalue weighted by molar-refractivity contribution is -1.01. The molecule has 0 radical (unpaired) electrons. The average Bonchev–Trinajstić information content (AvgIpc) is 2.70. The highest BCUT2D eigenvalue weighted by Gasteiger charge is 2.21. The van der Waals surface area contributed by atoms with Gasteiger partial charge in [-0.05, 0) is 6.07 Å². The van der Waals surface area contributed by atoms with E-state index in [0.717, 1.165) is 24.5 Å².